The molecule has 0 spiro atoms. The van der Waals surface area contributed by atoms with Crippen LogP contribution in [-0.2, 0) is 10.3 Å². The molecule has 2 atom stereocenters. The van der Waals surface area contributed by atoms with Crippen molar-refractivity contribution >= 4 is 18.3 Å². The first-order valence-corrected chi connectivity index (χ1v) is 9.81. The third-order valence-electron chi connectivity index (χ3n) is 6.95. The lowest BCUT2D eigenvalue weighted by atomic mass is 9.62. The molecule has 1 aliphatic heterocycles. The number of benzene rings is 1. The van der Waals surface area contributed by atoms with E-state index in [1.54, 1.807) is 6.07 Å². The summed E-state index contributed by atoms with van der Waals surface area (Å²) in [6, 6.07) is 7.85. The molecule has 4 rings (SSSR count). The third kappa shape index (κ3) is 3.28. The van der Waals surface area contributed by atoms with Gasteiger partial charge < -0.3 is 15.4 Å². The monoisotopic (exact) mass is 378 g/mol. The Bertz CT molecular complexity index is 633. The number of nitrogens with two attached hydrogens (primary N) is 1. The molecule has 1 saturated heterocycles. The van der Waals surface area contributed by atoms with Gasteiger partial charge in [0.15, 0.2) is 0 Å². The van der Waals surface area contributed by atoms with Crippen LogP contribution in [0.4, 0.5) is 0 Å². The van der Waals surface area contributed by atoms with Crippen LogP contribution in [0.3, 0.4) is 0 Å². The first kappa shape index (κ1) is 19.7. The Kier molecular flexibility index (Phi) is 5.95. The second kappa shape index (κ2) is 7.87. The predicted octanol–water partition coefficient (Wildman–Crippen LogP) is 3.58. The van der Waals surface area contributed by atoms with Gasteiger partial charge in [-0.25, -0.2) is 0 Å². The smallest absolute Gasteiger partial charge is 0.248 e. The number of hydrogen-bond donors (Lipinski definition) is 1. The van der Waals surface area contributed by atoms with Crippen LogP contribution in [0.25, 0.3) is 0 Å². The van der Waals surface area contributed by atoms with Crippen molar-refractivity contribution in [1.29, 1.82) is 0 Å². The number of likely N-dealkylation sites (tertiary alicyclic amines) is 1. The number of piperidine rings is 1. The Labute approximate surface area is 162 Å². The summed E-state index contributed by atoms with van der Waals surface area (Å²) in [6.07, 6.45) is 7.91. The molecular weight excluding hydrogens is 348 g/mol. The van der Waals surface area contributed by atoms with Gasteiger partial charge in [-0.05, 0) is 49.3 Å². The number of carbonyl (C=O) groups is 1. The van der Waals surface area contributed by atoms with Gasteiger partial charge in [-0.1, -0.05) is 25.0 Å². The van der Waals surface area contributed by atoms with E-state index in [2.05, 4.69) is 11.0 Å². The Morgan fingerprint density at radius 2 is 1.85 bits per heavy atom. The fourth-order valence-corrected chi connectivity index (χ4v) is 5.55. The van der Waals surface area contributed by atoms with Crippen LogP contribution in [0.1, 0.15) is 54.4 Å². The van der Waals surface area contributed by atoms with E-state index in [-0.39, 0.29) is 23.9 Å². The second-order valence-electron chi connectivity index (χ2n) is 8.28. The molecule has 0 radical (unpaired) electrons. The number of methoxy groups -OCH3 is 1. The maximum atomic E-state index is 11.7. The molecule has 1 heterocycles. The number of primary amides is 1. The maximum Gasteiger partial charge on any atom is 0.248 e. The SMILES string of the molecule is COC1(c2cccc(C(N)=O)c2)C2CCCC1CN(CC1CCC1)C2.Cl. The van der Waals surface area contributed by atoms with E-state index in [0.717, 1.165) is 24.6 Å². The normalized spacial score (nSPS) is 31.7. The van der Waals surface area contributed by atoms with Crippen molar-refractivity contribution in [2.24, 2.45) is 23.5 Å². The number of amides is 1. The van der Waals surface area contributed by atoms with Gasteiger partial charge in [-0.15, -0.1) is 12.4 Å². The first-order chi connectivity index (χ1) is 12.1. The standard InChI is InChI=1S/C21H30N2O2.ClH/c1-25-21(17-8-3-7-16(11-17)20(22)24)18-9-4-10-19(21)14-23(13-18)12-15-5-2-6-15;/h3,7-8,11,15,18-19H,2,4-6,9-10,12-14H2,1H3,(H2,22,24);1H. The predicted molar refractivity (Wildman–Crippen MR) is 106 cm³/mol. The Hall–Kier alpha value is -1.10. The van der Waals surface area contributed by atoms with Crippen LogP contribution in [0.5, 0.6) is 0 Å². The zero-order valence-corrected chi connectivity index (χ0v) is 16.5. The lowest BCUT2D eigenvalue weighted by Crippen LogP contribution is -2.59. The van der Waals surface area contributed by atoms with Crippen molar-refractivity contribution in [2.45, 2.75) is 44.1 Å². The van der Waals surface area contributed by atoms with Crippen LogP contribution < -0.4 is 5.73 Å². The van der Waals surface area contributed by atoms with E-state index in [1.165, 1.54) is 45.1 Å². The maximum absolute atomic E-state index is 11.7. The van der Waals surface area contributed by atoms with E-state index in [9.17, 15) is 4.79 Å². The van der Waals surface area contributed by atoms with Gasteiger partial charge in [-0.3, -0.25) is 4.79 Å². The van der Waals surface area contributed by atoms with E-state index >= 15 is 0 Å². The molecular formula is C21H31ClN2O2. The summed E-state index contributed by atoms with van der Waals surface area (Å²) in [5.41, 5.74) is 6.99. The molecule has 1 amide bonds. The minimum atomic E-state index is -0.360. The average Bonchev–Trinajstić information content (AvgIpc) is 2.57. The summed E-state index contributed by atoms with van der Waals surface area (Å²) < 4.78 is 6.28. The molecule has 2 unspecified atom stereocenters. The summed E-state index contributed by atoms with van der Waals surface area (Å²) in [4.78, 5) is 14.3. The number of rotatable bonds is 5. The van der Waals surface area contributed by atoms with Gasteiger partial charge in [0.1, 0.15) is 5.60 Å². The highest BCUT2D eigenvalue weighted by Crippen LogP contribution is 2.51. The highest BCUT2D eigenvalue weighted by atomic mass is 35.5. The van der Waals surface area contributed by atoms with Gasteiger partial charge in [0, 0.05) is 44.1 Å². The van der Waals surface area contributed by atoms with Crippen LogP contribution in [0.2, 0.25) is 0 Å². The van der Waals surface area contributed by atoms with E-state index < -0.39 is 0 Å². The summed E-state index contributed by atoms with van der Waals surface area (Å²) in [5.74, 6) is 1.54. The number of halogens is 1. The van der Waals surface area contributed by atoms with Crippen molar-refractivity contribution in [1.82, 2.24) is 4.90 Å². The second-order valence-corrected chi connectivity index (χ2v) is 8.28. The van der Waals surface area contributed by atoms with E-state index in [4.69, 9.17) is 10.5 Å². The molecule has 26 heavy (non-hydrogen) atoms. The largest absolute Gasteiger partial charge is 0.373 e. The number of fused-ring (bicyclic) bond motifs is 2. The zero-order valence-electron chi connectivity index (χ0n) is 15.7. The lowest BCUT2D eigenvalue weighted by molar-refractivity contribution is -0.171. The molecule has 1 aromatic rings. The summed E-state index contributed by atoms with van der Waals surface area (Å²) in [6.45, 7) is 3.48. The number of ether oxygens (including phenoxy) is 1. The highest BCUT2D eigenvalue weighted by Gasteiger charge is 2.53. The molecule has 5 heteroatoms. The molecule has 1 aromatic carbocycles. The molecule has 2 bridgehead atoms. The summed E-state index contributed by atoms with van der Waals surface area (Å²) in [7, 11) is 1.85. The van der Waals surface area contributed by atoms with E-state index in [0.29, 0.717) is 17.4 Å². The van der Waals surface area contributed by atoms with Gasteiger partial charge in [0.25, 0.3) is 0 Å². The minimum absolute atomic E-state index is 0. The first-order valence-electron chi connectivity index (χ1n) is 9.81. The van der Waals surface area contributed by atoms with Crippen molar-refractivity contribution < 1.29 is 9.53 Å². The molecule has 3 fully saturated rings. The van der Waals surface area contributed by atoms with Gasteiger partial charge in [-0.2, -0.15) is 0 Å². The molecule has 2 aliphatic carbocycles. The van der Waals surface area contributed by atoms with Crippen molar-refractivity contribution in [2.75, 3.05) is 26.7 Å². The van der Waals surface area contributed by atoms with Crippen LogP contribution in [0.15, 0.2) is 24.3 Å². The lowest BCUT2D eigenvalue weighted by Gasteiger charge is -2.56. The highest BCUT2D eigenvalue weighted by molar-refractivity contribution is 5.92. The Morgan fingerprint density at radius 3 is 2.38 bits per heavy atom. The molecule has 2 saturated carbocycles. The Morgan fingerprint density at radius 1 is 1.19 bits per heavy atom. The quantitative estimate of drug-likeness (QED) is 0.851. The molecule has 0 aromatic heterocycles. The van der Waals surface area contributed by atoms with Gasteiger partial charge >= 0.3 is 0 Å². The van der Waals surface area contributed by atoms with Crippen molar-refractivity contribution in [3.8, 4) is 0 Å². The zero-order chi connectivity index (χ0) is 17.4. The molecule has 4 nitrogen and oxygen atoms in total. The molecule has 144 valence electrons. The topological polar surface area (TPSA) is 55.6 Å². The molecule has 2 N–H and O–H groups in total. The Balaban J connectivity index is 0.00000196. The summed E-state index contributed by atoms with van der Waals surface area (Å²) in [5, 5.41) is 0. The summed E-state index contributed by atoms with van der Waals surface area (Å²) >= 11 is 0. The number of hydrogen-bond acceptors (Lipinski definition) is 3. The van der Waals surface area contributed by atoms with Gasteiger partial charge in [0.2, 0.25) is 5.91 Å². The van der Waals surface area contributed by atoms with Crippen LogP contribution >= 0.6 is 12.4 Å². The minimum Gasteiger partial charge on any atom is -0.373 e. The van der Waals surface area contributed by atoms with Gasteiger partial charge in [0.05, 0.1) is 0 Å². The number of carbonyl (C=O) groups excluding carboxylic acids is 1. The third-order valence-corrected chi connectivity index (χ3v) is 6.95. The molecule has 3 aliphatic rings. The van der Waals surface area contributed by atoms with E-state index in [1.807, 2.05) is 19.2 Å². The average molecular weight is 379 g/mol. The van der Waals surface area contributed by atoms with Crippen molar-refractivity contribution in [3.63, 3.8) is 0 Å². The van der Waals surface area contributed by atoms with Crippen molar-refractivity contribution in [3.05, 3.63) is 35.4 Å². The number of nitrogens with zero attached hydrogens (tertiary/aromatic N) is 1. The van der Waals surface area contributed by atoms with Crippen LogP contribution in [-0.4, -0.2) is 37.6 Å². The fraction of sp³-hybridized carbons (Fsp3) is 0.667. The fourth-order valence-electron chi connectivity index (χ4n) is 5.55. The van der Waals surface area contributed by atoms with Crippen LogP contribution in [0, 0.1) is 17.8 Å².